The highest BCUT2D eigenvalue weighted by Gasteiger charge is 2.44. The standard InChI is InChI=1S/C14H20ClN3O4/c1-19-11-7-12(20-2)17-13(16-11)18-5-3-14(4-6-18)21-9-10(8-15)22-14/h7,10H,3-6,8-9H2,1-2H3. The summed E-state index contributed by atoms with van der Waals surface area (Å²) < 4.78 is 22.2. The van der Waals surface area contributed by atoms with Crippen LogP contribution in [0.4, 0.5) is 5.95 Å². The maximum Gasteiger partial charge on any atom is 0.231 e. The number of methoxy groups -OCH3 is 2. The lowest BCUT2D eigenvalue weighted by Gasteiger charge is -2.37. The van der Waals surface area contributed by atoms with E-state index in [1.54, 1.807) is 20.3 Å². The van der Waals surface area contributed by atoms with Gasteiger partial charge in [0.1, 0.15) is 0 Å². The second-order valence-corrected chi connectivity index (χ2v) is 5.66. The van der Waals surface area contributed by atoms with Gasteiger partial charge in [0.2, 0.25) is 17.7 Å². The van der Waals surface area contributed by atoms with Crippen LogP contribution >= 0.6 is 11.6 Å². The first-order chi connectivity index (χ1) is 10.7. The summed E-state index contributed by atoms with van der Waals surface area (Å²) in [5.74, 6) is 1.52. The predicted octanol–water partition coefficient (Wildman–Crippen LogP) is 1.44. The normalized spacial score (nSPS) is 23.8. The average Bonchev–Trinajstić information content (AvgIpc) is 2.98. The quantitative estimate of drug-likeness (QED) is 0.774. The van der Waals surface area contributed by atoms with Crippen molar-refractivity contribution in [2.24, 2.45) is 0 Å². The molecule has 0 radical (unpaired) electrons. The average molecular weight is 330 g/mol. The maximum absolute atomic E-state index is 5.94. The van der Waals surface area contributed by atoms with Crippen molar-refractivity contribution >= 4 is 17.5 Å². The van der Waals surface area contributed by atoms with Crippen LogP contribution in [0.15, 0.2) is 6.07 Å². The molecule has 1 aromatic heterocycles. The van der Waals surface area contributed by atoms with Gasteiger partial charge in [-0.1, -0.05) is 0 Å². The molecule has 2 aliphatic rings. The van der Waals surface area contributed by atoms with Gasteiger partial charge in [-0.2, -0.15) is 9.97 Å². The molecular formula is C14H20ClN3O4. The third kappa shape index (κ3) is 3.06. The van der Waals surface area contributed by atoms with Gasteiger partial charge in [0.25, 0.3) is 0 Å². The SMILES string of the molecule is COc1cc(OC)nc(N2CCC3(CC2)OCC(CCl)O3)n1. The Balaban J connectivity index is 1.69. The van der Waals surface area contributed by atoms with E-state index in [0.29, 0.717) is 30.2 Å². The molecule has 0 saturated carbocycles. The summed E-state index contributed by atoms with van der Waals surface area (Å²) >= 11 is 5.84. The highest BCUT2D eigenvalue weighted by Crippen LogP contribution is 2.35. The van der Waals surface area contributed by atoms with Gasteiger partial charge in [0.15, 0.2) is 5.79 Å². The first-order valence-corrected chi connectivity index (χ1v) is 7.81. The first-order valence-electron chi connectivity index (χ1n) is 7.28. The minimum absolute atomic E-state index is 0.0126. The molecule has 0 aromatic carbocycles. The Bertz CT molecular complexity index is 501. The van der Waals surface area contributed by atoms with Crippen molar-refractivity contribution in [3.8, 4) is 11.8 Å². The van der Waals surface area contributed by atoms with Crippen molar-refractivity contribution in [2.45, 2.75) is 24.7 Å². The fraction of sp³-hybridized carbons (Fsp3) is 0.714. The molecule has 2 aliphatic heterocycles. The second-order valence-electron chi connectivity index (χ2n) is 5.36. The Hall–Kier alpha value is -1.31. The molecule has 22 heavy (non-hydrogen) atoms. The van der Waals surface area contributed by atoms with Crippen molar-refractivity contribution < 1.29 is 18.9 Å². The lowest BCUT2D eigenvalue weighted by Crippen LogP contribution is -2.46. The fourth-order valence-corrected chi connectivity index (χ4v) is 2.90. The van der Waals surface area contributed by atoms with E-state index in [0.717, 1.165) is 25.9 Å². The van der Waals surface area contributed by atoms with Crippen LogP contribution in [0.5, 0.6) is 11.8 Å². The zero-order chi connectivity index (χ0) is 15.6. The minimum Gasteiger partial charge on any atom is -0.481 e. The molecule has 122 valence electrons. The molecule has 2 saturated heterocycles. The van der Waals surface area contributed by atoms with E-state index in [1.165, 1.54) is 0 Å². The summed E-state index contributed by atoms with van der Waals surface area (Å²) in [4.78, 5) is 10.8. The van der Waals surface area contributed by atoms with Crippen molar-refractivity contribution in [1.82, 2.24) is 9.97 Å². The van der Waals surface area contributed by atoms with Gasteiger partial charge in [0.05, 0.1) is 38.9 Å². The minimum atomic E-state index is -0.501. The maximum atomic E-state index is 5.94. The number of hydrogen-bond donors (Lipinski definition) is 0. The Morgan fingerprint density at radius 3 is 2.41 bits per heavy atom. The molecule has 0 aliphatic carbocycles. The number of alkyl halides is 1. The van der Waals surface area contributed by atoms with Gasteiger partial charge in [-0.15, -0.1) is 11.6 Å². The Morgan fingerprint density at radius 2 is 1.91 bits per heavy atom. The van der Waals surface area contributed by atoms with Crippen molar-refractivity contribution in [2.75, 3.05) is 44.7 Å². The van der Waals surface area contributed by atoms with E-state index < -0.39 is 5.79 Å². The third-order valence-electron chi connectivity index (χ3n) is 3.98. The van der Waals surface area contributed by atoms with E-state index >= 15 is 0 Å². The summed E-state index contributed by atoms with van der Waals surface area (Å²) in [6.45, 7) is 2.05. The molecule has 1 unspecified atom stereocenters. The van der Waals surface area contributed by atoms with Gasteiger partial charge >= 0.3 is 0 Å². The molecule has 1 spiro atoms. The van der Waals surface area contributed by atoms with Gasteiger partial charge in [0, 0.05) is 25.9 Å². The highest BCUT2D eigenvalue weighted by atomic mass is 35.5. The van der Waals surface area contributed by atoms with Crippen LogP contribution in [0.25, 0.3) is 0 Å². The Kier molecular flexibility index (Phi) is 4.56. The van der Waals surface area contributed by atoms with Gasteiger partial charge in [-0.05, 0) is 0 Å². The number of rotatable bonds is 4. The molecule has 2 fully saturated rings. The van der Waals surface area contributed by atoms with Crippen LogP contribution < -0.4 is 14.4 Å². The summed E-state index contributed by atoms with van der Waals surface area (Å²) in [5.41, 5.74) is 0. The molecule has 0 amide bonds. The summed E-state index contributed by atoms with van der Waals surface area (Å²) in [7, 11) is 3.15. The molecule has 1 aromatic rings. The molecular weight excluding hydrogens is 310 g/mol. The molecule has 3 rings (SSSR count). The fourth-order valence-electron chi connectivity index (χ4n) is 2.75. The van der Waals surface area contributed by atoms with E-state index in [-0.39, 0.29) is 6.10 Å². The number of piperidine rings is 1. The van der Waals surface area contributed by atoms with Crippen molar-refractivity contribution in [1.29, 1.82) is 0 Å². The van der Waals surface area contributed by atoms with Crippen LogP contribution in [0.2, 0.25) is 0 Å². The summed E-state index contributed by atoms with van der Waals surface area (Å²) in [6.07, 6.45) is 1.49. The highest BCUT2D eigenvalue weighted by molar-refractivity contribution is 6.18. The zero-order valence-corrected chi connectivity index (χ0v) is 13.5. The van der Waals surface area contributed by atoms with Crippen LogP contribution in [0.1, 0.15) is 12.8 Å². The molecule has 0 bridgehead atoms. The largest absolute Gasteiger partial charge is 0.481 e. The van der Waals surface area contributed by atoms with Crippen LogP contribution in [0.3, 0.4) is 0 Å². The van der Waals surface area contributed by atoms with Crippen molar-refractivity contribution in [3.05, 3.63) is 6.07 Å². The Labute approximate surface area is 134 Å². The zero-order valence-electron chi connectivity index (χ0n) is 12.7. The smallest absolute Gasteiger partial charge is 0.231 e. The number of halogens is 1. The Morgan fingerprint density at radius 1 is 1.27 bits per heavy atom. The van der Waals surface area contributed by atoms with Gasteiger partial charge < -0.3 is 23.8 Å². The van der Waals surface area contributed by atoms with Crippen LogP contribution in [-0.2, 0) is 9.47 Å². The van der Waals surface area contributed by atoms with Gasteiger partial charge in [-0.25, -0.2) is 0 Å². The third-order valence-corrected chi connectivity index (χ3v) is 4.32. The number of nitrogens with zero attached hydrogens (tertiary/aromatic N) is 3. The van der Waals surface area contributed by atoms with E-state index in [2.05, 4.69) is 14.9 Å². The van der Waals surface area contributed by atoms with Crippen molar-refractivity contribution in [3.63, 3.8) is 0 Å². The molecule has 0 N–H and O–H groups in total. The molecule has 1 atom stereocenters. The monoisotopic (exact) mass is 329 g/mol. The molecule has 7 nitrogen and oxygen atoms in total. The number of anilines is 1. The molecule has 8 heteroatoms. The molecule has 3 heterocycles. The number of ether oxygens (including phenoxy) is 4. The van der Waals surface area contributed by atoms with E-state index in [9.17, 15) is 0 Å². The summed E-state index contributed by atoms with van der Waals surface area (Å²) in [6, 6.07) is 1.66. The van der Waals surface area contributed by atoms with E-state index in [4.69, 9.17) is 30.5 Å². The van der Waals surface area contributed by atoms with Crippen LogP contribution in [0, 0.1) is 0 Å². The number of aromatic nitrogens is 2. The lowest BCUT2D eigenvalue weighted by molar-refractivity contribution is -0.178. The van der Waals surface area contributed by atoms with Gasteiger partial charge in [-0.3, -0.25) is 0 Å². The summed E-state index contributed by atoms with van der Waals surface area (Å²) in [5, 5.41) is 0. The number of hydrogen-bond acceptors (Lipinski definition) is 7. The van der Waals surface area contributed by atoms with E-state index in [1.807, 2.05) is 0 Å². The second kappa shape index (κ2) is 6.44. The topological polar surface area (TPSA) is 65.9 Å². The first kappa shape index (κ1) is 15.6. The van der Waals surface area contributed by atoms with Crippen LogP contribution in [-0.4, -0.2) is 61.7 Å². The predicted molar refractivity (Wildman–Crippen MR) is 80.9 cm³/mol. The lowest BCUT2D eigenvalue weighted by atomic mass is 10.0.